The molecule has 3 rings (SSSR count). The lowest BCUT2D eigenvalue weighted by Crippen LogP contribution is -2.43. The third kappa shape index (κ3) is 2.83. The topological polar surface area (TPSA) is 63.8 Å². The van der Waals surface area contributed by atoms with Gasteiger partial charge in [0.15, 0.2) is 0 Å². The van der Waals surface area contributed by atoms with E-state index >= 15 is 0 Å². The second-order valence-corrected chi connectivity index (χ2v) is 5.95. The minimum Gasteiger partial charge on any atom is -0.338 e. The second-order valence-electron chi connectivity index (χ2n) is 5.95. The molecule has 3 heterocycles. The molecule has 2 aromatic heterocycles. The summed E-state index contributed by atoms with van der Waals surface area (Å²) in [5.74, 6) is 1.35. The third-order valence-electron chi connectivity index (χ3n) is 4.23. The lowest BCUT2D eigenvalue weighted by atomic mass is 9.77. The molecule has 1 aliphatic heterocycles. The van der Waals surface area contributed by atoms with Crippen LogP contribution in [0, 0.1) is 6.92 Å². The van der Waals surface area contributed by atoms with Crippen LogP contribution in [0.4, 0.5) is 0 Å². The highest BCUT2D eigenvalue weighted by Crippen LogP contribution is 2.35. The predicted octanol–water partition coefficient (Wildman–Crippen LogP) is 2.86. The predicted molar refractivity (Wildman–Crippen MR) is 81.0 cm³/mol. The second kappa shape index (κ2) is 5.93. The van der Waals surface area contributed by atoms with Crippen LogP contribution >= 0.6 is 0 Å². The molecule has 1 unspecified atom stereocenters. The van der Waals surface area contributed by atoms with Gasteiger partial charge in [-0.15, -0.1) is 0 Å². The molecule has 1 N–H and O–H groups in total. The Balaban J connectivity index is 1.92. The number of nitrogens with one attached hydrogen (secondary N) is 1. The average Bonchev–Trinajstić information content (AvgIpc) is 2.99. The van der Waals surface area contributed by atoms with E-state index in [2.05, 4.69) is 27.4 Å². The fourth-order valence-corrected chi connectivity index (χ4v) is 3.15. The molecule has 2 aromatic rings. The van der Waals surface area contributed by atoms with E-state index in [0.29, 0.717) is 5.82 Å². The van der Waals surface area contributed by atoms with Gasteiger partial charge in [-0.3, -0.25) is 4.98 Å². The molecule has 0 aliphatic carbocycles. The Bertz CT molecular complexity index is 596. The summed E-state index contributed by atoms with van der Waals surface area (Å²) in [6, 6.07) is 3.95. The van der Waals surface area contributed by atoms with Gasteiger partial charge < -0.3 is 9.84 Å². The Hall–Kier alpha value is -1.75. The van der Waals surface area contributed by atoms with Crippen LogP contribution in [0.15, 0.2) is 22.9 Å². The zero-order valence-electron chi connectivity index (χ0n) is 12.7. The summed E-state index contributed by atoms with van der Waals surface area (Å²) in [7, 11) is 0. The first kappa shape index (κ1) is 14.2. The van der Waals surface area contributed by atoms with Crippen molar-refractivity contribution in [2.75, 3.05) is 13.1 Å². The van der Waals surface area contributed by atoms with Crippen LogP contribution < -0.4 is 5.32 Å². The van der Waals surface area contributed by atoms with E-state index in [1.54, 1.807) is 6.20 Å². The largest absolute Gasteiger partial charge is 0.338 e. The van der Waals surface area contributed by atoms with E-state index in [1.165, 1.54) is 0 Å². The van der Waals surface area contributed by atoms with Crippen LogP contribution in [0.2, 0.25) is 0 Å². The summed E-state index contributed by atoms with van der Waals surface area (Å²) in [6.45, 7) is 6.24. The van der Waals surface area contributed by atoms with Gasteiger partial charge in [0.05, 0.1) is 5.41 Å². The lowest BCUT2D eigenvalue weighted by Gasteiger charge is -2.34. The van der Waals surface area contributed by atoms with Crippen LogP contribution in [0.3, 0.4) is 0 Å². The van der Waals surface area contributed by atoms with E-state index < -0.39 is 0 Å². The standard InChI is InChI=1S/C16H22N4O/c1-3-6-16(7-4-8-17-11-16)15-19-14(20-21-15)13-10-12(2)5-9-18-13/h5,9-10,17H,3-4,6-8,11H2,1-2H3. The fraction of sp³-hybridized carbons (Fsp3) is 0.562. The summed E-state index contributed by atoms with van der Waals surface area (Å²) in [5.41, 5.74) is 1.91. The number of hydrogen-bond acceptors (Lipinski definition) is 5. The first-order valence-corrected chi connectivity index (χ1v) is 7.71. The molecule has 1 aliphatic rings. The number of aromatic nitrogens is 3. The van der Waals surface area contributed by atoms with Gasteiger partial charge in [-0.05, 0) is 50.4 Å². The molecule has 5 heteroatoms. The smallest absolute Gasteiger partial charge is 0.234 e. The molecule has 5 nitrogen and oxygen atoms in total. The zero-order chi connectivity index (χ0) is 14.7. The molecule has 0 saturated carbocycles. The lowest BCUT2D eigenvalue weighted by molar-refractivity contribution is 0.213. The zero-order valence-corrected chi connectivity index (χ0v) is 12.7. The van der Waals surface area contributed by atoms with Crippen molar-refractivity contribution in [3.8, 4) is 11.5 Å². The van der Waals surface area contributed by atoms with Crippen LogP contribution in [0.1, 0.15) is 44.1 Å². The summed E-state index contributed by atoms with van der Waals surface area (Å²) < 4.78 is 5.61. The SMILES string of the molecule is CCCC1(c2nc(-c3cc(C)ccn3)no2)CCCNC1. The van der Waals surface area contributed by atoms with Crippen LogP contribution in [0.25, 0.3) is 11.5 Å². The summed E-state index contributed by atoms with van der Waals surface area (Å²) in [4.78, 5) is 8.99. The minimum absolute atomic E-state index is 0.0118. The third-order valence-corrected chi connectivity index (χ3v) is 4.23. The molecule has 0 radical (unpaired) electrons. The molecular formula is C16H22N4O. The highest BCUT2D eigenvalue weighted by atomic mass is 16.5. The number of aryl methyl sites for hydroxylation is 1. The Labute approximate surface area is 125 Å². The van der Waals surface area contributed by atoms with Crippen molar-refractivity contribution in [2.24, 2.45) is 0 Å². The highest BCUT2D eigenvalue weighted by Gasteiger charge is 2.38. The maximum absolute atomic E-state index is 5.61. The molecule has 21 heavy (non-hydrogen) atoms. The van der Waals surface area contributed by atoms with Gasteiger partial charge in [0.25, 0.3) is 0 Å². The maximum atomic E-state index is 5.61. The molecule has 0 aromatic carbocycles. The number of rotatable bonds is 4. The molecular weight excluding hydrogens is 264 g/mol. The van der Waals surface area contributed by atoms with Crippen LogP contribution in [-0.2, 0) is 5.41 Å². The molecule has 0 spiro atoms. The van der Waals surface area contributed by atoms with Crippen molar-refractivity contribution in [3.63, 3.8) is 0 Å². The number of pyridine rings is 1. The van der Waals surface area contributed by atoms with Gasteiger partial charge in [-0.25, -0.2) is 0 Å². The Morgan fingerprint density at radius 3 is 3.05 bits per heavy atom. The van der Waals surface area contributed by atoms with E-state index in [1.807, 2.05) is 19.1 Å². The molecule has 1 saturated heterocycles. The van der Waals surface area contributed by atoms with E-state index in [-0.39, 0.29) is 5.41 Å². The molecule has 1 atom stereocenters. The number of nitrogens with zero attached hydrogens (tertiary/aromatic N) is 3. The number of piperidine rings is 1. The quantitative estimate of drug-likeness (QED) is 0.936. The van der Waals surface area contributed by atoms with Gasteiger partial charge in [-0.2, -0.15) is 4.98 Å². The molecule has 0 amide bonds. The van der Waals surface area contributed by atoms with Crippen molar-refractivity contribution < 1.29 is 4.52 Å². The van der Waals surface area contributed by atoms with Crippen molar-refractivity contribution in [1.82, 2.24) is 20.4 Å². The monoisotopic (exact) mass is 286 g/mol. The van der Waals surface area contributed by atoms with E-state index in [4.69, 9.17) is 4.52 Å². The van der Waals surface area contributed by atoms with Gasteiger partial charge in [0, 0.05) is 12.7 Å². The first-order chi connectivity index (χ1) is 10.2. The van der Waals surface area contributed by atoms with Gasteiger partial charge in [-0.1, -0.05) is 18.5 Å². The van der Waals surface area contributed by atoms with Gasteiger partial charge in [0.2, 0.25) is 11.7 Å². The highest BCUT2D eigenvalue weighted by molar-refractivity contribution is 5.49. The van der Waals surface area contributed by atoms with Gasteiger partial charge in [0.1, 0.15) is 5.69 Å². The summed E-state index contributed by atoms with van der Waals surface area (Å²) >= 11 is 0. The van der Waals surface area contributed by atoms with Crippen molar-refractivity contribution in [2.45, 2.75) is 44.9 Å². The molecule has 0 bridgehead atoms. The fourth-order valence-electron chi connectivity index (χ4n) is 3.15. The minimum atomic E-state index is -0.0118. The van der Waals surface area contributed by atoms with Crippen LogP contribution in [-0.4, -0.2) is 28.2 Å². The Kier molecular flexibility index (Phi) is 4.01. The molecule has 112 valence electrons. The summed E-state index contributed by atoms with van der Waals surface area (Å²) in [5, 5.41) is 7.63. The van der Waals surface area contributed by atoms with Crippen LogP contribution in [0.5, 0.6) is 0 Å². The van der Waals surface area contributed by atoms with Crippen molar-refractivity contribution in [3.05, 3.63) is 29.8 Å². The molecule has 1 fully saturated rings. The Morgan fingerprint density at radius 2 is 2.33 bits per heavy atom. The van der Waals surface area contributed by atoms with Crippen molar-refractivity contribution >= 4 is 0 Å². The summed E-state index contributed by atoms with van der Waals surface area (Å²) in [6.07, 6.45) is 6.23. The van der Waals surface area contributed by atoms with Gasteiger partial charge >= 0.3 is 0 Å². The number of hydrogen-bond donors (Lipinski definition) is 1. The van der Waals surface area contributed by atoms with Crippen molar-refractivity contribution in [1.29, 1.82) is 0 Å². The average molecular weight is 286 g/mol. The van der Waals surface area contributed by atoms with E-state index in [9.17, 15) is 0 Å². The van der Waals surface area contributed by atoms with E-state index in [0.717, 1.165) is 55.9 Å². The normalized spacial score (nSPS) is 22.4. The maximum Gasteiger partial charge on any atom is 0.234 e. The Morgan fingerprint density at radius 1 is 1.43 bits per heavy atom. The first-order valence-electron chi connectivity index (χ1n) is 7.71.